The molecule has 0 bridgehead atoms. The summed E-state index contributed by atoms with van der Waals surface area (Å²) in [5.41, 5.74) is 11.3. The molecule has 0 radical (unpaired) electrons. The van der Waals surface area contributed by atoms with Crippen LogP contribution in [-0.4, -0.2) is 81.8 Å². The minimum atomic E-state index is -3.65. The lowest BCUT2D eigenvalue weighted by atomic mass is 9.82. The van der Waals surface area contributed by atoms with E-state index in [1.807, 2.05) is 121 Å². The number of alkyl halides is 21. The molecule has 1 aliphatic heterocycles. The van der Waals surface area contributed by atoms with Crippen molar-refractivity contribution in [2.75, 3.05) is 14.2 Å². The molecule has 0 fully saturated rings. The van der Waals surface area contributed by atoms with Gasteiger partial charge in [0.2, 0.25) is 33.6 Å². The molecule has 38 heteroatoms. The van der Waals surface area contributed by atoms with Crippen molar-refractivity contribution in [1.82, 2.24) is 29.9 Å². The maximum atomic E-state index is 12.0. The standard InChI is InChI=1S/C16H15Br3O2.C11H9Br4N.C11H7Br3N2.C10H6Br3N.C8H5Br3N2O2S.C8H5Br3O.C6H4Br3NO2S/c1-20-13-7-3-11(4-8-13)15(16(17,18)19)12-5-9-14(21-2)10-6-12;1-10(2)7-5-6(12)3-4-8(7)16-9(10)11(13,14)15;12-11(13,14)10-15-7-6-9(16-10)8-4-2-1-3-5-8;11-10(12,13)9-6-5-7-3-1-2-4-8(7)14-9;9-8(10,11)16(14,15)7-12-5-3-1-2-4-6(5)13-7;9-8(10,11)7(12)6-4-2-1-3-5-6;7-6(8,9)13(11,12)5-3-1-2-4-10-5/h3-10,15H,1-2H3;3-5H,1-2H3;1-7H;1-6H;1-4H,(H,12,13);1-5H;1-4H. The Morgan fingerprint density at radius 1 is 0.481 bits per heavy atom. The molecule has 0 saturated heterocycles. The number of para-hydroxylation sites is 3. The second-order valence-electron chi connectivity index (χ2n) is 22.1. The molecule has 0 saturated carbocycles. The van der Waals surface area contributed by atoms with Crippen molar-refractivity contribution in [3.05, 3.63) is 263 Å². The van der Waals surface area contributed by atoms with Gasteiger partial charge in [0.1, 0.15) is 13.6 Å². The van der Waals surface area contributed by atoms with Gasteiger partial charge in [0, 0.05) is 44.7 Å². The molecule has 4 aromatic heterocycles. The number of carbonyl (C=O) groups is 1. The summed E-state index contributed by atoms with van der Waals surface area (Å²) in [5, 5.41) is 1.05. The highest BCUT2D eigenvalue weighted by atomic mass is 80.0. The summed E-state index contributed by atoms with van der Waals surface area (Å²) in [6.45, 7) is 4.34. The number of pyridine rings is 2. The molecule has 0 amide bonds. The number of ketones is 1. The third kappa shape index (κ3) is 29.2. The number of benzene rings is 7. The van der Waals surface area contributed by atoms with Crippen LogP contribution >= 0.6 is 350 Å². The molecule has 14 nitrogen and oxygen atoms in total. The van der Waals surface area contributed by atoms with Crippen molar-refractivity contribution in [2.24, 2.45) is 4.99 Å². The molecule has 0 unspecified atom stereocenters. The van der Waals surface area contributed by atoms with Crippen LogP contribution in [0.2, 0.25) is 0 Å². The van der Waals surface area contributed by atoms with Crippen molar-refractivity contribution in [3.8, 4) is 22.8 Å². The molecule has 0 spiro atoms. The Balaban J connectivity index is 0.000000198. The van der Waals surface area contributed by atoms with Crippen molar-refractivity contribution >= 4 is 409 Å². The van der Waals surface area contributed by atoms with Gasteiger partial charge in [-0.25, -0.2) is 41.8 Å². The second kappa shape index (κ2) is 42.8. The van der Waals surface area contributed by atoms with E-state index in [1.165, 1.54) is 17.8 Å². The van der Waals surface area contributed by atoms with Crippen molar-refractivity contribution < 1.29 is 31.1 Å². The van der Waals surface area contributed by atoms with Crippen LogP contribution in [0.3, 0.4) is 0 Å². The summed E-state index contributed by atoms with van der Waals surface area (Å²) in [5.74, 6) is 2.35. The van der Waals surface area contributed by atoms with Crippen LogP contribution in [0.5, 0.6) is 11.5 Å². The Bertz CT molecular complexity index is 4980. The molecule has 12 rings (SSSR count). The summed E-state index contributed by atoms with van der Waals surface area (Å²) in [7, 11) is -3.86. The number of methoxy groups -OCH3 is 2. The van der Waals surface area contributed by atoms with E-state index >= 15 is 0 Å². The van der Waals surface area contributed by atoms with Gasteiger partial charge in [-0.3, -0.25) is 9.79 Å². The van der Waals surface area contributed by atoms with Crippen LogP contribution in [-0.2, 0) is 29.4 Å². The highest BCUT2D eigenvalue weighted by Crippen LogP contribution is 2.53. The number of fused-ring (bicyclic) bond motifs is 3. The average molecular weight is 2920 g/mol. The molecule has 108 heavy (non-hydrogen) atoms. The Hall–Kier alpha value is 1.05. The van der Waals surface area contributed by atoms with Gasteiger partial charge >= 0.3 is 0 Å². The normalized spacial score (nSPS) is 12.9. The predicted molar refractivity (Wildman–Crippen MR) is 521 cm³/mol. The Labute approximate surface area is 811 Å². The zero-order valence-electron chi connectivity index (χ0n) is 55.1. The van der Waals surface area contributed by atoms with Crippen LogP contribution in [0.1, 0.15) is 58.3 Å². The van der Waals surface area contributed by atoms with Crippen molar-refractivity contribution in [3.63, 3.8) is 0 Å². The number of nitrogens with zero attached hydrogens (tertiary/aromatic N) is 6. The van der Waals surface area contributed by atoms with E-state index in [0.29, 0.717) is 22.4 Å². The lowest BCUT2D eigenvalue weighted by Gasteiger charge is -2.27. The van der Waals surface area contributed by atoms with Gasteiger partial charge in [-0.05, 0) is 197 Å². The number of H-pyrrole nitrogens is 1. The first-order chi connectivity index (χ1) is 50.0. The Morgan fingerprint density at radius 3 is 1.46 bits per heavy atom. The number of sulfone groups is 2. The monoisotopic (exact) mass is 2900 g/mol. The molecule has 574 valence electrons. The van der Waals surface area contributed by atoms with Crippen LogP contribution < -0.4 is 9.47 Å². The molecule has 1 aliphatic rings. The number of nitrogens with one attached hydrogen (secondary N) is 1. The largest absolute Gasteiger partial charge is 0.497 e. The van der Waals surface area contributed by atoms with Gasteiger partial charge < -0.3 is 14.5 Å². The van der Waals surface area contributed by atoms with Crippen LogP contribution in [0.25, 0.3) is 33.2 Å². The van der Waals surface area contributed by atoms with Crippen LogP contribution in [0, 0.1) is 0 Å². The highest BCUT2D eigenvalue weighted by Gasteiger charge is 2.45. The molecule has 11 aromatic rings. The third-order valence-corrected chi connectivity index (χ3v) is 31.0. The molecule has 0 aliphatic carbocycles. The summed E-state index contributed by atoms with van der Waals surface area (Å²) < 4.78 is 53.3. The fourth-order valence-electron chi connectivity index (χ4n) is 9.11. The van der Waals surface area contributed by atoms with Crippen LogP contribution in [0.15, 0.2) is 244 Å². The number of imidazole rings is 1. The van der Waals surface area contributed by atoms with Gasteiger partial charge in [-0.2, -0.15) is 0 Å². The molecule has 0 atom stereocenters. The number of Topliss-reactive ketones (excluding diaryl/α,β-unsaturated/α-hetero) is 1. The molecule has 1 N–H and O–H groups in total. The first-order valence-corrected chi connectivity index (χ1v) is 50.3. The highest BCUT2D eigenvalue weighted by molar-refractivity contribution is 9.43. The molecule has 5 heterocycles. The van der Waals surface area contributed by atoms with Gasteiger partial charge in [-0.1, -0.05) is 396 Å². The van der Waals surface area contributed by atoms with E-state index in [9.17, 15) is 21.6 Å². The number of rotatable bonds is 8. The second-order valence-corrected chi connectivity index (χ2v) is 77.7. The smallest absolute Gasteiger partial charge is 0.247 e. The van der Waals surface area contributed by atoms with Gasteiger partial charge in [-0.15, -0.1) is 0 Å². The summed E-state index contributed by atoms with van der Waals surface area (Å²) >= 11 is 72.9. The third-order valence-electron chi connectivity index (χ3n) is 14.3. The Kier molecular flexibility index (Phi) is 38.8. The summed E-state index contributed by atoms with van der Waals surface area (Å²) in [6.07, 6.45) is 3.16. The first kappa shape index (κ1) is 97.9. The number of aliphatic imine (C=N–C) groups is 1. The topological polar surface area (TPSA) is 196 Å². The van der Waals surface area contributed by atoms with Crippen LogP contribution in [0.4, 0.5) is 5.69 Å². The van der Waals surface area contributed by atoms with Gasteiger partial charge in [0.15, 0.2) is 19.4 Å². The first-order valence-electron chi connectivity index (χ1n) is 29.9. The molecule has 7 aromatic carbocycles. The van der Waals surface area contributed by atoms with E-state index in [-0.39, 0.29) is 27.3 Å². The number of ether oxygens (including phenoxy) is 2. The van der Waals surface area contributed by atoms with Crippen molar-refractivity contribution in [2.45, 2.75) is 49.0 Å². The lowest BCUT2D eigenvalue weighted by molar-refractivity contribution is 0.101. The molecular formula is C70H51Br22N7O7S2. The summed E-state index contributed by atoms with van der Waals surface area (Å²) in [4.78, 5) is 39.9. The number of carbonyl (C=O) groups excluding carboxylic acids is 1. The number of hydrogen-bond acceptors (Lipinski definition) is 13. The fourth-order valence-corrected chi connectivity index (χ4v) is 19.0. The zero-order chi connectivity index (χ0) is 80.7. The van der Waals surface area contributed by atoms with E-state index in [2.05, 4.69) is 436 Å². The van der Waals surface area contributed by atoms with E-state index < -0.39 is 33.3 Å². The predicted octanol–water partition coefficient (Wildman–Crippen LogP) is 29.8. The zero-order valence-corrected chi connectivity index (χ0v) is 91.6. The average Bonchev–Trinajstić information content (AvgIpc) is 1.60. The van der Waals surface area contributed by atoms with E-state index in [4.69, 9.17) is 9.47 Å². The van der Waals surface area contributed by atoms with E-state index in [0.717, 1.165) is 66.4 Å². The number of hydrogen-bond donors (Lipinski definition) is 1. The quantitative estimate of drug-likeness (QED) is 0.112. The molecular weight excluding hydrogens is 2870 g/mol. The summed E-state index contributed by atoms with van der Waals surface area (Å²) in [6, 6.07) is 67.1. The van der Waals surface area contributed by atoms with Gasteiger partial charge in [0.05, 0.1) is 53.6 Å². The minimum Gasteiger partial charge on any atom is -0.497 e. The minimum absolute atomic E-state index is 0.000579. The fraction of sp³-hybridized carbons (Fsp3) is 0.186. The van der Waals surface area contributed by atoms with Crippen molar-refractivity contribution in [1.29, 1.82) is 0 Å². The Morgan fingerprint density at radius 2 is 0.991 bits per heavy atom. The van der Waals surface area contributed by atoms with E-state index in [1.54, 1.807) is 68.9 Å². The number of aromatic nitrogens is 6. The number of aromatic amines is 1. The maximum absolute atomic E-state index is 12.0. The SMILES string of the molecule is BrC(Br)(Br)c1ccc2ccccc2n1.BrC(Br)(Br)c1nccc(-c2ccccc2)n1.CC1(C)C(C(Br)(Br)Br)=Nc2ccc(Br)cc21.COc1ccc(C(c2ccc(OC)cc2)C(Br)(Br)Br)cc1.O=C(c1ccccc1)C(Br)(Br)Br.O=S(=O)(c1ccccn1)C(Br)(Br)Br.O=S(=O)(c1nc2ccccc2[nH]1)C(Br)(Br)Br. The maximum Gasteiger partial charge on any atom is 0.247 e. The number of halogens is 22. The lowest BCUT2D eigenvalue weighted by Crippen LogP contribution is -2.34. The van der Waals surface area contributed by atoms with Gasteiger partial charge in [0.25, 0.3) is 0 Å².